The maximum Gasteiger partial charge on any atom is 0.404 e. The summed E-state index contributed by atoms with van der Waals surface area (Å²) in [7, 11) is 0. The summed E-state index contributed by atoms with van der Waals surface area (Å²) in [4.78, 5) is 10.1. The predicted molar refractivity (Wildman–Crippen MR) is 39.6 cm³/mol. The van der Waals surface area contributed by atoms with Crippen LogP contribution in [0.25, 0.3) is 0 Å². The summed E-state index contributed by atoms with van der Waals surface area (Å²) in [5.74, 6) is 0.0610. The van der Waals surface area contributed by atoms with Gasteiger partial charge in [-0.2, -0.15) is 8.78 Å². The first-order valence-electron chi connectivity index (χ1n) is 3.97. The number of carbonyl (C=O) groups is 1. The molecule has 1 fully saturated rings. The zero-order valence-corrected chi connectivity index (χ0v) is 6.87. The highest BCUT2D eigenvalue weighted by Gasteiger charge is 2.30. The maximum absolute atomic E-state index is 11.5. The van der Waals surface area contributed by atoms with E-state index in [-0.39, 0.29) is 18.6 Å². The third-order valence-electron chi connectivity index (χ3n) is 2.02. The number of carboxylic acid groups (broad SMARTS) is 1. The molecule has 0 heterocycles. The van der Waals surface area contributed by atoms with E-state index >= 15 is 0 Å². The van der Waals surface area contributed by atoms with Crippen molar-refractivity contribution in [1.29, 1.82) is 0 Å². The van der Waals surface area contributed by atoms with Crippen LogP contribution in [0.15, 0.2) is 0 Å². The fourth-order valence-corrected chi connectivity index (χ4v) is 1.37. The second kappa shape index (κ2) is 4.36. The topological polar surface area (TPSA) is 58.6 Å². The Labute approximate surface area is 73.9 Å². The zero-order valence-electron chi connectivity index (χ0n) is 6.87. The Morgan fingerprint density at radius 2 is 2.23 bits per heavy atom. The number of hydrogen-bond acceptors (Lipinski definition) is 2. The first-order chi connectivity index (χ1) is 6.08. The Bertz CT molecular complexity index is 183. The van der Waals surface area contributed by atoms with E-state index < -0.39 is 12.7 Å². The molecule has 0 aromatic heterocycles. The lowest BCUT2D eigenvalue weighted by Gasteiger charge is -2.34. The van der Waals surface area contributed by atoms with Crippen LogP contribution in [0.2, 0.25) is 0 Å². The van der Waals surface area contributed by atoms with E-state index in [1.165, 1.54) is 0 Å². The van der Waals surface area contributed by atoms with Crippen LogP contribution in [-0.2, 0) is 4.74 Å². The highest BCUT2D eigenvalue weighted by molar-refractivity contribution is 5.64. The Morgan fingerprint density at radius 1 is 1.62 bits per heavy atom. The van der Waals surface area contributed by atoms with E-state index in [1.807, 2.05) is 0 Å². The SMILES string of the molecule is O=C(O)NC1CC(COC(F)F)C1. The van der Waals surface area contributed by atoms with Gasteiger partial charge in [0.25, 0.3) is 0 Å². The average molecular weight is 195 g/mol. The molecule has 0 aliphatic heterocycles. The van der Waals surface area contributed by atoms with Crippen LogP contribution in [-0.4, -0.2) is 30.5 Å². The van der Waals surface area contributed by atoms with Crippen molar-refractivity contribution in [3.63, 3.8) is 0 Å². The smallest absolute Gasteiger partial charge is 0.404 e. The van der Waals surface area contributed by atoms with Gasteiger partial charge in [0.05, 0.1) is 6.61 Å². The summed E-state index contributed by atoms with van der Waals surface area (Å²) in [6.45, 7) is -2.72. The highest BCUT2D eigenvalue weighted by atomic mass is 19.3. The molecule has 0 unspecified atom stereocenters. The monoisotopic (exact) mass is 195 g/mol. The van der Waals surface area contributed by atoms with Gasteiger partial charge in [0.1, 0.15) is 0 Å². The summed E-state index contributed by atoms with van der Waals surface area (Å²) in [5, 5.41) is 10.6. The van der Waals surface area contributed by atoms with Crippen LogP contribution in [0, 0.1) is 5.92 Å². The molecule has 4 nitrogen and oxygen atoms in total. The molecule has 0 aromatic carbocycles. The van der Waals surface area contributed by atoms with Crippen molar-refractivity contribution in [3.8, 4) is 0 Å². The molecular weight excluding hydrogens is 184 g/mol. The van der Waals surface area contributed by atoms with Gasteiger partial charge in [-0.3, -0.25) is 0 Å². The number of alkyl halides is 2. The molecule has 0 saturated heterocycles. The average Bonchev–Trinajstić information content (AvgIpc) is 1.92. The molecule has 6 heteroatoms. The molecule has 1 aliphatic rings. The van der Waals surface area contributed by atoms with Crippen LogP contribution >= 0.6 is 0 Å². The molecule has 1 amide bonds. The normalized spacial score (nSPS) is 27.0. The lowest BCUT2D eigenvalue weighted by Crippen LogP contribution is -2.45. The molecule has 1 aliphatic carbocycles. The van der Waals surface area contributed by atoms with Gasteiger partial charge >= 0.3 is 12.7 Å². The fourth-order valence-electron chi connectivity index (χ4n) is 1.37. The van der Waals surface area contributed by atoms with Gasteiger partial charge in [0.2, 0.25) is 0 Å². The fraction of sp³-hybridized carbons (Fsp3) is 0.857. The van der Waals surface area contributed by atoms with E-state index in [9.17, 15) is 13.6 Å². The van der Waals surface area contributed by atoms with Gasteiger partial charge < -0.3 is 15.2 Å². The molecule has 1 rings (SSSR count). The van der Waals surface area contributed by atoms with Crippen molar-refractivity contribution in [1.82, 2.24) is 5.32 Å². The molecule has 1 saturated carbocycles. The summed E-state index contributed by atoms with van der Waals surface area (Å²) in [5.41, 5.74) is 0. The summed E-state index contributed by atoms with van der Waals surface area (Å²) in [6.07, 6.45) is 0.0936. The van der Waals surface area contributed by atoms with Crippen molar-refractivity contribution < 1.29 is 23.4 Å². The van der Waals surface area contributed by atoms with Gasteiger partial charge in [0, 0.05) is 6.04 Å². The lowest BCUT2D eigenvalue weighted by atomic mass is 9.81. The van der Waals surface area contributed by atoms with Crippen molar-refractivity contribution >= 4 is 6.09 Å². The number of hydrogen-bond donors (Lipinski definition) is 2. The lowest BCUT2D eigenvalue weighted by molar-refractivity contribution is -0.145. The number of nitrogens with one attached hydrogen (secondary N) is 1. The summed E-state index contributed by atoms with van der Waals surface area (Å²) < 4.78 is 27.2. The van der Waals surface area contributed by atoms with Gasteiger partial charge in [-0.05, 0) is 18.8 Å². The largest absolute Gasteiger partial charge is 0.465 e. The summed E-state index contributed by atoms with van der Waals surface area (Å²) >= 11 is 0. The van der Waals surface area contributed by atoms with Gasteiger partial charge in [0.15, 0.2) is 0 Å². The molecule has 2 N–H and O–H groups in total. The molecule has 0 atom stereocenters. The van der Waals surface area contributed by atoms with Crippen molar-refractivity contribution in [2.75, 3.05) is 6.61 Å². The molecule has 76 valence electrons. The Balaban J connectivity index is 2.02. The number of ether oxygens (including phenoxy) is 1. The minimum absolute atomic E-state index is 0.00939. The van der Waals surface area contributed by atoms with Crippen molar-refractivity contribution in [3.05, 3.63) is 0 Å². The van der Waals surface area contributed by atoms with E-state index in [0.29, 0.717) is 12.8 Å². The number of halogens is 2. The maximum atomic E-state index is 11.5. The van der Waals surface area contributed by atoms with E-state index in [1.54, 1.807) is 0 Å². The minimum Gasteiger partial charge on any atom is -0.465 e. The Hall–Kier alpha value is -0.910. The first-order valence-corrected chi connectivity index (χ1v) is 3.97. The molecular formula is C7H11F2NO3. The van der Waals surface area contributed by atoms with Crippen LogP contribution in [0.3, 0.4) is 0 Å². The molecule has 0 radical (unpaired) electrons. The van der Waals surface area contributed by atoms with E-state index in [2.05, 4.69) is 10.1 Å². The van der Waals surface area contributed by atoms with Crippen molar-refractivity contribution in [2.45, 2.75) is 25.5 Å². The molecule has 0 spiro atoms. The van der Waals surface area contributed by atoms with Crippen molar-refractivity contribution in [2.24, 2.45) is 5.92 Å². The quantitative estimate of drug-likeness (QED) is 0.710. The second-order valence-electron chi connectivity index (χ2n) is 3.08. The van der Waals surface area contributed by atoms with Gasteiger partial charge in [-0.1, -0.05) is 0 Å². The Morgan fingerprint density at radius 3 is 2.69 bits per heavy atom. The van der Waals surface area contributed by atoms with Crippen LogP contribution < -0.4 is 5.32 Å². The van der Waals surface area contributed by atoms with Crippen LogP contribution in [0.1, 0.15) is 12.8 Å². The van der Waals surface area contributed by atoms with Gasteiger partial charge in [-0.25, -0.2) is 4.79 Å². The van der Waals surface area contributed by atoms with Gasteiger partial charge in [-0.15, -0.1) is 0 Å². The third-order valence-corrected chi connectivity index (χ3v) is 2.02. The first kappa shape index (κ1) is 10.2. The summed E-state index contributed by atoms with van der Waals surface area (Å²) in [6, 6.07) is -0.0937. The highest BCUT2D eigenvalue weighted by Crippen LogP contribution is 2.27. The Kier molecular flexibility index (Phi) is 3.41. The van der Waals surface area contributed by atoms with E-state index in [0.717, 1.165) is 0 Å². The van der Waals surface area contributed by atoms with E-state index in [4.69, 9.17) is 5.11 Å². The predicted octanol–water partition coefficient (Wildman–Crippen LogP) is 1.27. The third kappa shape index (κ3) is 3.54. The standard InChI is InChI=1S/C7H11F2NO3/c8-6(9)13-3-4-1-5(2-4)10-7(11)12/h4-6,10H,1-3H2,(H,11,12). The zero-order chi connectivity index (χ0) is 9.84. The minimum atomic E-state index is -2.73. The molecule has 0 bridgehead atoms. The van der Waals surface area contributed by atoms with Crippen LogP contribution in [0.5, 0.6) is 0 Å². The number of amides is 1. The van der Waals surface area contributed by atoms with Crippen LogP contribution in [0.4, 0.5) is 13.6 Å². The molecule has 0 aromatic rings. The molecule has 13 heavy (non-hydrogen) atoms. The second-order valence-corrected chi connectivity index (χ2v) is 3.08. The number of rotatable bonds is 4.